The third kappa shape index (κ3) is 4.22. The van der Waals surface area contributed by atoms with E-state index in [4.69, 9.17) is 9.47 Å². The van der Waals surface area contributed by atoms with E-state index >= 15 is 0 Å². The van der Waals surface area contributed by atoms with Crippen LogP contribution < -0.4 is 10.1 Å². The molecule has 1 N–H and O–H groups in total. The Kier molecular flexibility index (Phi) is 5.65. The molecule has 27 heavy (non-hydrogen) atoms. The van der Waals surface area contributed by atoms with E-state index in [1.807, 2.05) is 44.2 Å². The number of benzene rings is 2. The summed E-state index contributed by atoms with van der Waals surface area (Å²) in [5, 5.41) is 3.23. The molecule has 0 spiro atoms. The van der Waals surface area contributed by atoms with Gasteiger partial charge in [0.1, 0.15) is 12.4 Å². The first-order valence-corrected chi connectivity index (χ1v) is 9.01. The monoisotopic (exact) mass is 363 g/mol. The number of aryl methyl sites for hydroxylation is 1. The summed E-state index contributed by atoms with van der Waals surface area (Å²) in [6.45, 7) is 6.42. The molecular weight excluding hydrogens is 338 g/mol. The summed E-state index contributed by atoms with van der Waals surface area (Å²) in [5.74, 6) is 0.221. The second-order valence-corrected chi connectivity index (χ2v) is 6.79. The number of carbonyl (C=O) groups is 1. The molecule has 0 aliphatic carbocycles. The van der Waals surface area contributed by atoms with Crippen molar-refractivity contribution >= 4 is 5.97 Å². The van der Waals surface area contributed by atoms with E-state index in [0.717, 1.165) is 28.3 Å². The number of methoxy groups -OCH3 is 1. The van der Waals surface area contributed by atoms with Crippen LogP contribution in [-0.2, 0) is 16.1 Å². The lowest BCUT2D eigenvalue weighted by atomic mass is 9.86. The fraction of sp³-hybridized carbons (Fsp3) is 0.261. The van der Waals surface area contributed by atoms with Crippen molar-refractivity contribution in [2.45, 2.75) is 33.3 Å². The van der Waals surface area contributed by atoms with Gasteiger partial charge < -0.3 is 14.8 Å². The smallest absolute Gasteiger partial charge is 0.336 e. The Bertz CT molecular complexity index is 894. The fourth-order valence-corrected chi connectivity index (χ4v) is 3.32. The van der Waals surface area contributed by atoms with Crippen LogP contribution in [0, 0.1) is 6.92 Å². The van der Waals surface area contributed by atoms with Crippen LogP contribution in [-0.4, -0.2) is 13.1 Å². The predicted octanol–water partition coefficient (Wildman–Crippen LogP) is 4.61. The second kappa shape index (κ2) is 8.12. The summed E-state index contributed by atoms with van der Waals surface area (Å²) >= 11 is 0. The van der Waals surface area contributed by atoms with Crippen LogP contribution in [0.4, 0.5) is 0 Å². The molecule has 0 radical (unpaired) electrons. The van der Waals surface area contributed by atoms with Crippen molar-refractivity contribution < 1.29 is 14.3 Å². The van der Waals surface area contributed by atoms with Crippen molar-refractivity contribution in [2.75, 3.05) is 7.11 Å². The SMILES string of the molecule is COC(=O)C1=C(C)NC(C)=CC1c1ccccc1OCc1ccc(C)cc1. The Hall–Kier alpha value is -3.01. The van der Waals surface area contributed by atoms with Gasteiger partial charge in [0.25, 0.3) is 0 Å². The number of rotatable bonds is 5. The minimum absolute atomic E-state index is 0.215. The molecule has 0 saturated carbocycles. The molecule has 1 unspecified atom stereocenters. The van der Waals surface area contributed by atoms with E-state index in [-0.39, 0.29) is 11.9 Å². The van der Waals surface area contributed by atoms with E-state index < -0.39 is 0 Å². The quantitative estimate of drug-likeness (QED) is 0.788. The first-order valence-electron chi connectivity index (χ1n) is 9.01. The Morgan fingerprint density at radius 3 is 2.44 bits per heavy atom. The number of ether oxygens (including phenoxy) is 2. The normalized spacial score (nSPS) is 16.4. The second-order valence-electron chi connectivity index (χ2n) is 6.79. The van der Waals surface area contributed by atoms with Crippen LogP contribution in [0.2, 0.25) is 0 Å². The van der Waals surface area contributed by atoms with Gasteiger partial charge in [0.2, 0.25) is 0 Å². The summed E-state index contributed by atoms with van der Waals surface area (Å²) in [6, 6.07) is 16.1. The average Bonchev–Trinajstić information content (AvgIpc) is 2.66. The molecule has 4 nitrogen and oxygen atoms in total. The molecule has 0 amide bonds. The van der Waals surface area contributed by atoms with Gasteiger partial charge in [0, 0.05) is 22.9 Å². The van der Waals surface area contributed by atoms with Crippen molar-refractivity contribution in [3.8, 4) is 5.75 Å². The molecule has 0 saturated heterocycles. The number of carbonyl (C=O) groups excluding carboxylic acids is 1. The van der Waals surface area contributed by atoms with Crippen LogP contribution in [0.15, 0.2) is 71.6 Å². The Balaban J connectivity index is 1.92. The zero-order chi connectivity index (χ0) is 19.4. The van der Waals surface area contributed by atoms with Gasteiger partial charge in [0.15, 0.2) is 0 Å². The van der Waals surface area contributed by atoms with Gasteiger partial charge in [0.05, 0.1) is 12.7 Å². The highest BCUT2D eigenvalue weighted by molar-refractivity contribution is 5.92. The molecule has 2 aromatic rings. The molecule has 0 aromatic heterocycles. The van der Waals surface area contributed by atoms with Gasteiger partial charge in [-0.05, 0) is 32.4 Å². The van der Waals surface area contributed by atoms with Crippen molar-refractivity contribution in [3.05, 3.63) is 88.3 Å². The number of hydrogen-bond acceptors (Lipinski definition) is 4. The maximum Gasteiger partial charge on any atom is 0.336 e. The van der Waals surface area contributed by atoms with Crippen LogP contribution in [0.3, 0.4) is 0 Å². The lowest BCUT2D eigenvalue weighted by Crippen LogP contribution is -2.25. The molecule has 3 rings (SSSR count). The van der Waals surface area contributed by atoms with E-state index in [2.05, 4.69) is 36.5 Å². The van der Waals surface area contributed by atoms with Crippen LogP contribution in [0.25, 0.3) is 0 Å². The molecule has 0 fully saturated rings. The third-order valence-electron chi connectivity index (χ3n) is 4.69. The maximum atomic E-state index is 12.4. The Morgan fingerprint density at radius 2 is 1.74 bits per heavy atom. The third-order valence-corrected chi connectivity index (χ3v) is 4.69. The molecule has 0 bridgehead atoms. The summed E-state index contributed by atoms with van der Waals surface area (Å²) in [4.78, 5) is 12.4. The average molecular weight is 363 g/mol. The number of hydrogen-bond donors (Lipinski definition) is 1. The standard InChI is InChI=1S/C23H25NO3/c1-15-9-11-18(12-10-15)14-27-21-8-6-5-7-19(21)20-13-16(2)24-17(3)22(20)23(25)26-4/h5-13,20,24H,14H2,1-4H3. The van der Waals surface area contributed by atoms with E-state index in [1.54, 1.807) is 0 Å². The molecule has 1 heterocycles. The highest BCUT2D eigenvalue weighted by Crippen LogP contribution is 2.37. The van der Waals surface area contributed by atoms with Crippen molar-refractivity contribution in [1.82, 2.24) is 5.32 Å². The number of para-hydroxylation sites is 1. The highest BCUT2D eigenvalue weighted by atomic mass is 16.5. The molecule has 1 aliphatic rings. The maximum absolute atomic E-state index is 12.4. The summed E-state index contributed by atoms with van der Waals surface area (Å²) in [6.07, 6.45) is 2.04. The minimum atomic E-state index is -0.331. The molecule has 4 heteroatoms. The molecular formula is C23H25NO3. The molecule has 1 aliphatic heterocycles. The number of esters is 1. The summed E-state index contributed by atoms with van der Waals surface area (Å²) < 4.78 is 11.1. The number of nitrogens with one attached hydrogen (secondary N) is 1. The Labute approximate surface area is 160 Å². The first kappa shape index (κ1) is 18.8. The molecule has 1 atom stereocenters. The van der Waals surface area contributed by atoms with Crippen LogP contribution in [0.1, 0.15) is 36.5 Å². The van der Waals surface area contributed by atoms with Gasteiger partial charge in [-0.15, -0.1) is 0 Å². The largest absolute Gasteiger partial charge is 0.489 e. The van der Waals surface area contributed by atoms with Crippen LogP contribution in [0.5, 0.6) is 5.75 Å². The predicted molar refractivity (Wildman–Crippen MR) is 106 cm³/mol. The van der Waals surface area contributed by atoms with Gasteiger partial charge in [-0.1, -0.05) is 54.1 Å². The van der Waals surface area contributed by atoms with Crippen molar-refractivity contribution in [2.24, 2.45) is 0 Å². The Morgan fingerprint density at radius 1 is 1.04 bits per heavy atom. The zero-order valence-corrected chi connectivity index (χ0v) is 16.2. The van der Waals surface area contributed by atoms with Crippen molar-refractivity contribution in [3.63, 3.8) is 0 Å². The highest BCUT2D eigenvalue weighted by Gasteiger charge is 2.29. The first-order chi connectivity index (χ1) is 13.0. The number of allylic oxidation sites excluding steroid dienone is 3. The lowest BCUT2D eigenvalue weighted by Gasteiger charge is -2.26. The lowest BCUT2D eigenvalue weighted by molar-refractivity contribution is -0.136. The number of dihydropyridines is 1. The summed E-state index contributed by atoms with van der Waals surface area (Å²) in [5.41, 5.74) is 5.68. The van der Waals surface area contributed by atoms with Gasteiger partial charge in [-0.25, -0.2) is 4.79 Å². The molecule has 2 aromatic carbocycles. The van der Waals surface area contributed by atoms with E-state index in [9.17, 15) is 4.79 Å². The topological polar surface area (TPSA) is 47.6 Å². The van der Waals surface area contributed by atoms with Crippen LogP contribution >= 0.6 is 0 Å². The summed E-state index contributed by atoms with van der Waals surface area (Å²) in [7, 11) is 1.41. The van der Waals surface area contributed by atoms with Gasteiger partial charge >= 0.3 is 5.97 Å². The van der Waals surface area contributed by atoms with Gasteiger partial charge in [-0.2, -0.15) is 0 Å². The zero-order valence-electron chi connectivity index (χ0n) is 16.2. The van der Waals surface area contributed by atoms with E-state index in [0.29, 0.717) is 12.2 Å². The molecule has 140 valence electrons. The fourth-order valence-electron chi connectivity index (χ4n) is 3.32. The minimum Gasteiger partial charge on any atom is -0.489 e. The van der Waals surface area contributed by atoms with Gasteiger partial charge in [-0.3, -0.25) is 0 Å². The van der Waals surface area contributed by atoms with Crippen molar-refractivity contribution in [1.29, 1.82) is 0 Å². The van der Waals surface area contributed by atoms with E-state index in [1.165, 1.54) is 12.7 Å².